The second-order valence-corrected chi connectivity index (χ2v) is 5.52. The van der Waals surface area contributed by atoms with Gasteiger partial charge in [0.15, 0.2) is 0 Å². The molecule has 4 nitrogen and oxygen atoms in total. The number of amides is 1. The van der Waals surface area contributed by atoms with E-state index in [2.05, 4.69) is 17.2 Å². The van der Waals surface area contributed by atoms with E-state index in [9.17, 15) is 4.79 Å². The number of hydrogen-bond donors (Lipinski definition) is 1. The Labute approximate surface area is 138 Å². The van der Waals surface area contributed by atoms with Gasteiger partial charge in [0.25, 0.3) is 5.91 Å². The van der Waals surface area contributed by atoms with Crippen molar-refractivity contribution >= 4 is 11.7 Å². The molecule has 0 aliphatic heterocycles. The molecule has 1 aromatic carbocycles. The van der Waals surface area contributed by atoms with E-state index in [-0.39, 0.29) is 5.91 Å². The Hall–Kier alpha value is -2.36. The van der Waals surface area contributed by atoms with Gasteiger partial charge in [-0.25, -0.2) is 4.98 Å². The van der Waals surface area contributed by atoms with Gasteiger partial charge in [-0.05, 0) is 31.0 Å². The molecule has 0 aliphatic carbocycles. The number of rotatable bonds is 8. The normalized spacial score (nSPS) is 10.3. The van der Waals surface area contributed by atoms with Crippen molar-refractivity contribution in [1.82, 2.24) is 9.88 Å². The molecule has 0 saturated carbocycles. The van der Waals surface area contributed by atoms with E-state index in [1.54, 1.807) is 6.20 Å². The summed E-state index contributed by atoms with van der Waals surface area (Å²) in [6.45, 7) is 6.35. The third kappa shape index (κ3) is 5.09. The fourth-order valence-corrected chi connectivity index (χ4v) is 2.33. The zero-order chi connectivity index (χ0) is 16.5. The molecular weight excluding hydrogens is 286 g/mol. The Bertz CT molecular complexity index is 596. The van der Waals surface area contributed by atoms with Crippen LogP contribution in [0.4, 0.5) is 5.82 Å². The molecule has 1 aromatic heterocycles. The van der Waals surface area contributed by atoms with Crippen molar-refractivity contribution in [2.75, 3.05) is 18.4 Å². The third-order valence-corrected chi connectivity index (χ3v) is 3.73. The Morgan fingerprint density at radius 1 is 1.13 bits per heavy atom. The first-order valence-electron chi connectivity index (χ1n) is 8.27. The number of nitrogens with zero attached hydrogens (tertiary/aromatic N) is 2. The first-order valence-corrected chi connectivity index (χ1v) is 8.27. The van der Waals surface area contributed by atoms with Crippen LogP contribution in [-0.2, 0) is 6.54 Å². The molecule has 2 rings (SSSR count). The van der Waals surface area contributed by atoms with E-state index in [0.29, 0.717) is 18.7 Å². The maximum absolute atomic E-state index is 12.6. The molecule has 23 heavy (non-hydrogen) atoms. The van der Waals surface area contributed by atoms with E-state index in [4.69, 9.17) is 0 Å². The minimum atomic E-state index is 0.0176. The molecule has 1 amide bonds. The average Bonchev–Trinajstić information content (AvgIpc) is 2.61. The largest absolute Gasteiger partial charge is 0.370 e. The highest BCUT2D eigenvalue weighted by molar-refractivity contribution is 5.94. The lowest BCUT2D eigenvalue weighted by atomic mass is 10.2. The SMILES string of the molecule is CCCCNc1ccc(C(=O)N(CC)Cc2ccccc2)cn1. The monoisotopic (exact) mass is 311 g/mol. The van der Waals surface area contributed by atoms with Crippen LogP contribution in [0.25, 0.3) is 0 Å². The lowest BCUT2D eigenvalue weighted by Gasteiger charge is -2.21. The van der Waals surface area contributed by atoms with Crippen LogP contribution in [0.3, 0.4) is 0 Å². The Morgan fingerprint density at radius 3 is 2.52 bits per heavy atom. The van der Waals surface area contributed by atoms with Crippen molar-refractivity contribution in [3.05, 3.63) is 59.8 Å². The van der Waals surface area contributed by atoms with Gasteiger partial charge < -0.3 is 10.2 Å². The van der Waals surface area contributed by atoms with Gasteiger partial charge in [0, 0.05) is 25.8 Å². The number of hydrogen-bond acceptors (Lipinski definition) is 3. The molecule has 0 spiro atoms. The molecule has 122 valence electrons. The van der Waals surface area contributed by atoms with E-state index >= 15 is 0 Å². The van der Waals surface area contributed by atoms with Crippen LogP contribution < -0.4 is 5.32 Å². The number of nitrogens with one attached hydrogen (secondary N) is 1. The summed E-state index contributed by atoms with van der Waals surface area (Å²) in [6.07, 6.45) is 3.92. The van der Waals surface area contributed by atoms with Crippen LogP contribution in [0.5, 0.6) is 0 Å². The van der Waals surface area contributed by atoms with Crippen molar-refractivity contribution in [3.63, 3.8) is 0 Å². The lowest BCUT2D eigenvalue weighted by molar-refractivity contribution is 0.0752. The third-order valence-electron chi connectivity index (χ3n) is 3.73. The summed E-state index contributed by atoms with van der Waals surface area (Å²) in [7, 11) is 0. The molecule has 0 bridgehead atoms. The number of pyridine rings is 1. The van der Waals surface area contributed by atoms with Crippen LogP contribution in [0, 0.1) is 0 Å². The van der Waals surface area contributed by atoms with Crippen LogP contribution >= 0.6 is 0 Å². The fraction of sp³-hybridized carbons (Fsp3) is 0.368. The number of aromatic nitrogens is 1. The van der Waals surface area contributed by atoms with Gasteiger partial charge in [-0.2, -0.15) is 0 Å². The second-order valence-electron chi connectivity index (χ2n) is 5.52. The van der Waals surface area contributed by atoms with Crippen molar-refractivity contribution in [3.8, 4) is 0 Å². The molecule has 0 radical (unpaired) electrons. The number of benzene rings is 1. The minimum absolute atomic E-state index is 0.0176. The summed E-state index contributed by atoms with van der Waals surface area (Å²) >= 11 is 0. The highest BCUT2D eigenvalue weighted by atomic mass is 16.2. The highest BCUT2D eigenvalue weighted by Crippen LogP contribution is 2.11. The first-order chi connectivity index (χ1) is 11.2. The second kappa shape index (κ2) is 8.93. The summed E-state index contributed by atoms with van der Waals surface area (Å²) in [5, 5.41) is 3.26. The maximum Gasteiger partial charge on any atom is 0.255 e. The standard InChI is InChI=1S/C19H25N3O/c1-3-5-13-20-18-12-11-17(14-21-18)19(23)22(4-2)15-16-9-7-6-8-10-16/h6-12,14H,3-5,13,15H2,1-2H3,(H,20,21). The van der Waals surface area contributed by atoms with Crippen LogP contribution in [-0.4, -0.2) is 28.9 Å². The van der Waals surface area contributed by atoms with Gasteiger partial charge in [0.05, 0.1) is 5.56 Å². The zero-order valence-electron chi connectivity index (χ0n) is 14.0. The number of unbranched alkanes of at least 4 members (excludes halogenated alkanes) is 1. The molecule has 0 aliphatic rings. The van der Waals surface area contributed by atoms with Gasteiger partial charge in [-0.15, -0.1) is 0 Å². The molecule has 0 fully saturated rings. The van der Waals surface area contributed by atoms with E-state index in [1.165, 1.54) is 0 Å². The molecule has 0 atom stereocenters. The maximum atomic E-state index is 12.6. The highest BCUT2D eigenvalue weighted by Gasteiger charge is 2.14. The Balaban J connectivity index is 2.00. The van der Waals surface area contributed by atoms with Crippen molar-refractivity contribution < 1.29 is 4.79 Å². The van der Waals surface area contributed by atoms with Crippen molar-refractivity contribution in [1.29, 1.82) is 0 Å². The predicted octanol–water partition coefficient (Wildman–Crippen LogP) is 3.96. The van der Waals surface area contributed by atoms with Crippen molar-refractivity contribution in [2.24, 2.45) is 0 Å². The van der Waals surface area contributed by atoms with Gasteiger partial charge in [0.2, 0.25) is 0 Å². The van der Waals surface area contributed by atoms with E-state index in [1.807, 2.05) is 54.3 Å². The summed E-state index contributed by atoms with van der Waals surface area (Å²) in [5.74, 6) is 0.838. The zero-order valence-corrected chi connectivity index (χ0v) is 14.0. The summed E-state index contributed by atoms with van der Waals surface area (Å²) < 4.78 is 0. The van der Waals surface area contributed by atoms with Crippen LogP contribution in [0.15, 0.2) is 48.7 Å². The first kappa shape index (κ1) is 17.0. The minimum Gasteiger partial charge on any atom is -0.370 e. The average molecular weight is 311 g/mol. The summed E-state index contributed by atoms with van der Waals surface area (Å²) in [6, 6.07) is 13.8. The topological polar surface area (TPSA) is 45.2 Å². The molecule has 0 saturated heterocycles. The molecule has 0 unspecified atom stereocenters. The van der Waals surface area contributed by atoms with Gasteiger partial charge in [-0.3, -0.25) is 4.79 Å². The molecule has 2 aromatic rings. The Morgan fingerprint density at radius 2 is 1.91 bits per heavy atom. The molecular formula is C19H25N3O. The number of anilines is 1. The lowest BCUT2D eigenvalue weighted by Crippen LogP contribution is -2.30. The predicted molar refractivity (Wildman–Crippen MR) is 94.5 cm³/mol. The van der Waals surface area contributed by atoms with Gasteiger partial charge in [-0.1, -0.05) is 43.7 Å². The Kier molecular flexibility index (Phi) is 6.60. The summed E-state index contributed by atoms with van der Waals surface area (Å²) in [4.78, 5) is 18.8. The van der Waals surface area contributed by atoms with Crippen LogP contribution in [0.2, 0.25) is 0 Å². The quantitative estimate of drug-likeness (QED) is 0.751. The van der Waals surface area contributed by atoms with E-state index < -0.39 is 0 Å². The summed E-state index contributed by atoms with van der Waals surface area (Å²) in [5.41, 5.74) is 1.76. The van der Waals surface area contributed by atoms with Gasteiger partial charge in [0.1, 0.15) is 5.82 Å². The number of carbonyl (C=O) groups excluding carboxylic acids is 1. The van der Waals surface area contributed by atoms with Crippen LogP contribution in [0.1, 0.15) is 42.6 Å². The molecule has 1 N–H and O–H groups in total. The van der Waals surface area contributed by atoms with E-state index in [0.717, 1.165) is 30.8 Å². The fourth-order valence-electron chi connectivity index (χ4n) is 2.33. The smallest absolute Gasteiger partial charge is 0.255 e. The molecule has 4 heteroatoms. The molecule has 1 heterocycles. The van der Waals surface area contributed by atoms with Crippen molar-refractivity contribution in [2.45, 2.75) is 33.2 Å². The number of carbonyl (C=O) groups is 1. The van der Waals surface area contributed by atoms with Gasteiger partial charge >= 0.3 is 0 Å².